The predicted molar refractivity (Wildman–Crippen MR) is 76.2 cm³/mol. The highest BCUT2D eigenvalue weighted by Crippen LogP contribution is 2.22. The van der Waals surface area contributed by atoms with Gasteiger partial charge in [0.05, 0.1) is 0 Å². The Morgan fingerprint density at radius 1 is 1.11 bits per heavy atom. The van der Waals surface area contributed by atoms with Crippen molar-refractivity contribution in [1.29, 1.82) is 0 Å². The first-order valence-electron chi connectivity index (χ1n) is 7.64. The lowest BCUT2D eigenvalue weighted by atomic mass is 9.96. The lowest BCUT2D eigenvalue weighted by Gasteiger charge is -2.34. The van der Waals surface area contributed by atoms with Gasteiger partial charge in [0.1, 0.15) is 5.60 Å². The summed E-state index contributed by atoms with van der Waals surface area (Å²) in [4.78, 5) is 16.4. The Morgan fingerprint density at radius 2 is 1.68 bits per heavy atom. The number of carbonyl (C=O) groups excluding carboxylic acids is 1. The van der Waals surface area contributed by atoms with E-state index in [-0.39, 0.29) is 11.7 Å². The molecule has 0 spiro atoms. The van der Waals surface area contributed by atoms with Crippen molar-refractivity contribution in [3.63, 3.8) is 0 Å². The van der Waals surface area contributed by atoms with Crippen molar-refractivity contribution in [3.8, 4) is 0 Å². The molecule has 1 amide bonds. The molecule has 0 unspecified atom stereocenters. The molecule has 110 valence electrons. The van der Waals surface area contributed by atoms with E-state index in [0.717, 1.165) is 31.8 Å². The highest BCUT2D eigenvalue weighted by atomic mass is 16.6. The molecule has 4 heteroatoms. The van der Waals surface area contributed by atoms with Gasteiger partial charge in [-0.2, -0.15) is 0 Å². The van der Waals surface area contributed by atoms with Gasteiger partial charge >= 0.3 is 6.09 Å². The summed E-state index contributed by atoms with van der Waals surface area (Å²) in [7, 11) is 0. The maximum atomic E-state index is 12.0. The van der Waals surface area contributed by atoms with Crippen molar-refractivity contribution in [1.82, 2.24) is 9.80 Å². The van der Waals surface area contributed by atoms with Gasteiger partial charge < -0.3 is 14.5 Å². The van der Waals surface area contributed by atoms with Crippen molar-refractivity contribution in [2.45, 2.75) is 52.1 Å². The molecule has 0 aliphatic carbocycles. The van der Waals surface area contributed by atoms with Crippen LogP contribution >= 0.6 is 0 Å². The molecule has 0 aromatic carbocycles. The average Bonchev–Trinajstić information content (AvgIpc) is 2.80. The molecule has 19 heavy (non-hydrogen) atoms. The van der Waals surface area contributed by atoms with Crippen LogP contribution in [0.15, 0.2) is 0 Å². The zero-order chi connectivity index (χ0) is 13.9. The van der Waals surface area contributed by atoms with E-state index in [1.807, 2.05) is 25.7 Å². The molecule has 2 rings (SSSR count). The molecular formula is C15H28N2O2. The lowest BCUT2D eigenvalue weighted by Crippen LogP contribution is -2.43. The number of rotatable bonds is 2. The molecule has 2 fully saturated rings. The minimum absolute atomic E-state index is 0.146. The van der Waals surface area contributed by atoms with Crippen LogP contribution in [0.4, 0.5) is 4.79 Å². The van der Waals surface area contributed by atoms with E-state index in [9.17, 15) is 4.79 Å². The Labute approximate surface area is 117 Å². The van der Waals surface area contributed by atoms with E-state index in [4.69, 9.17) is 4.74 Å². The smallest absolute Gasteiger partial charge is 0.410 e. The topological polar surface area (TPSA) is 32.8 Å². The average molecular weight is 268 g/mol. The summed E-state index contributed by atoms with van der Waals surface area (Å²) in [6.07, 6.45) is 4.81. The van der Waals surface area contributed by atoms with Crippen LogP contribution < -0.4 is 0 Å². The van der Waals surface area contributed by atoms with Crippen molar-refractivity contribution in [2.24, 2.45) is 5.92 Å². The fraction of sp³-hybridized carbons (Fsp3) is 0.933. The van der Waals surface area contributed by atoms with Crippen molar-refractivity contribution in [3.05, 3.63) is 0 Å². The minimum Gasteiger partial charge on any atom is -0.444 e. The van der Waals surface area contributed by atoms with Crippen LogP contribution in [0.2, 0.25) is 0 Å². The largest absolute Gasteiger partial charge is 0.444 e. The lowest BCUT2D eigenvalue weighted by molar-refractivity contribution is 0.0172. The van der Waals surface area contributed by atoms with Crippen molar-refractivity contribution < 1.29 is 9.53 Å². The van der Waals surface area contributed by atoms with Gasteiger partial charge in [-0.05, 0) is 65.5 Å². The van der Waals surface area contributed by atoms with Crippen LogP contribution in [0.1, 0.15) is 46.5 Å². The van der Waals surface area contributed by atoms with E-state index < -0.39 is 0 Å². The number of carbonyl (C=O) groups is 1. The maximum Gasteiger partial charge on any atom is 0.410 e. The molecule has 0 bridgehead atoms. The van der Waals surface area contributed by atoms with Crippen molar-refractivity contribution in [2.75, 3.05) is 32.7 Å². The zero-order valence-corrected chi connectivity index (χ0v) is 12.7. The number of nitrogens with zero attached hydrogens (tertiary/aromatic N) is 2. The van der Waals surface area contributed by atoms with Gasteiger partial charge in [-0.1, -0.05) is 0 Å². The first-order chi connectivity index (χ1) is 8.94. The van der Waals surface area contributed by atoms with E-state index >= 15 is 0 Å². The third-order valence-corrected chi connectivity index (χ3v) is 3.98. The maximum absolute atomic E-state index is 12.0. The fourth-order valence-corrected chi connectivity index (χ4v) is 2.95. The van der Waals surface area contributed by atoms with Crippen LogP contribution in [-0.2, 0) is 4.74 Å². The highest BCUT2D eigenvalue weighted by Gasteiger charge is 2.28. The van der Waals surface area contributed by atoms with Gasteiger partial charge in [0, 0.05) is 19.6 Å². The molecular weight excluding hydrogens is 240 g/mol. The normalized spacial score (nSPS) is 22.8. The Balaban J connectivity index is 1.71. The first kappa shape index (κ1) is 14.6. The number of ether oxygens (including phenoxy) is 1. The fourth-order valence-electron chi connectivity index (χ4n) is 2.95. The molecule has 0 saturated carbocycles. The van der Waals surface area contributed by atoms with Gasteiger partial charge in [0.25, 0.3) is 0 Å². The Kier molecular flexibility index (Phi) is 4.71. The number of hydrogen-bond acceptors (Lipinski definition) is 3. The number of amides is 1. The summed E-state index contributed by atoms with van der Waals surface area (Å²) in [6, 6.07) is 0. The number of likely N-dealkylation sites (tertiary alicyclic amines) is 2. The van der Waals surface area contributed by atoms with E-state index in [1.165, 1.54) is 32.5 Å². The van der Waals surface area contributed by atoms with Crippen LogP contribution in [0.3, 0.4) is 0 Å². The summed E-state index contributed by atoms with van der Waals surface area (Å²) in [5.74, 6) is 0.761. The predicted octanol–water partition coefficient (Wildman–Crippen LogP) is 2.73. The third-order valence-electron chi connectivity index (χ3n) is 3.98. The minimum atomic E-state index is -0.385. The van der Waals surface area contributed by atoms with Gasteiger partial charge in [-0.15, -0.1) is 0 Å². The monoisotopic (exact) mass is 268 g/mol. The molecule has 0 aromatic rings. The number of piperidine rings is 1. The van der Waals surface area contributed by atoms with Crippen LogP contribution in [0.5, 0.6) is 0 Å². The SMILES string of the molecule is CC(C)(C)OC(=O)N1CCC(CN2CCCC2)CC1. The second kappa shape index (κ2) is 6.12. The zero-order valence-electron chi connectivity index (χ0n) is 12.7. The molecule has 0 atom stereocenters. The van der Waals surface area contributed by atoms with E-state index in [0.29, 0.717) is 0 Å². The molecule has 2 aliphatic heterocycles. The quantitative estimate of drug-likeness (QED) is 0.772. The van der Waals surface area contributed by atoms with Gasteiger partial charge in [-0.25, -0.2) is 4.79 Å². The van der Waals surface area contributed by atoms with Gasteiger partial charge in [0.15, 0.2) is 0 Å². The molecule has 2 heterocycles. The van der Waals surface area contributed by atoms with E-state index in [2.05, 4.69) is 4.90 Å². The third kappa shape index (κ3) is 4.68. The molecule has 4 nitrogen and oxygen atoms in total. The summed E-state index contributed by atoms with van der Waals surface area (Å²) in [5.41, 5.74) is -0.385. The van der Waals surface area contributed by atoms with Gasteiger partial charge in [-0.3, -0.25) is 0 Å². The second-order valence-corrected chi connectivity index (χ2v) is 6.92. The summed E-state index contributed by atoms with van der Waals surface area (Å²) >= 11 is 0. The van der Waals surface area contributed by atoms with Crippen LogP contribution in [0, 0.1) is 5.92 Å². The number of hydrogen-bond donors (Lipinski definition) is 0. The second-order valence-electron chi connectivity index (χ2n) is 6.92. The van der Waals surface area contributed by atoms with Crippen LogP contribution in [-0.4, -0.2) is 54.2 Å². The van der Waals surface area contributed by atoms with E-state index in [1.54, 1.807) is 0 Å². The molecule has 0 radical (unpaired) electrons. The highest BCUT2D eigenvalue weighted by molar-refractivity contribution is 5.68. The summed E-state index contributed by atoms with van der Waals surface area (Å²) < 4.78 is 5.42. The molecule has 0 N–H and O–H groups in total. The molecule has 2 aliphatic rings. The van der Waals surface area contributed by atoms with Crippen LogP contribution in [0.25, 0.3) is 0 Å². The first-order valence-corrected chi connectivity index (χ1v) is 7.64. The van der Waals surface area contributed by atoms with Crippen molar-refractivity contribution >= 4 is 6.09 Å². The Morgan fingerprint density at radius 3 is 2.21 bits per heavy atom. The molecule has 2 saturated heterocycles. The standard InChI is InChI=1S/C15H28N2O2/c1-15(2,3)19-14(18)17-10-6-13(7-11-17)12-16-8-4-5-9-16/h13H,4-12H2,1-3H3. The Hall–Kier alpha value is -0.770. The summed E-state index contributed by atoms with van der Waals surface area (Å²) in [5, 5.41) is 0. The summed E-state index contributed by atoms with van der Waals surface area (Å²) in [6.45, 7) is 11.2. The molecule has 0 aromatic heterocycles. The van der Waals surface area contributed by atoms with Gasteiger partial charge in [0.2, 0.25) is 0 Å². The Bertz CT molecular complexity index is 298.